The van der Waals surface area contributed by atoms with Crippen molar-refractivity contribution in [2.24, 2.45) is 11.7 Å². The topological polar surface area (TPSA) is 35.2 Å². The van der Waals surface area contributed by atoms with Crippen LogP contribution in [-0.2, 0) is 11.2 Å². The van der Waals surface area contributed by atoms with Crippen molar-refractivity contribution >= 4 is 15.9 Å². The monoisotopic (exact) mass is 301 g/mol. The third kappa shape index (κ3) is 3.50. The number of benzene rings is 1. The number of hydrogen-bond donors (Lipinski definition) is 1. The van der Waals surface area contributed by atoms with Crippen molar-refractivity contribution in [1.29, 1.82) is 0 Å². The van der Waals surface area contributed by atoms with Crippen molar-refractivity contribution < 1.29 is 9.13 Å². The van der Waals surface area contributed by atoms with E-state index in [9.17, 15) is 4.39 Å². The number of hydrogen-bond acceptors (Lipinski definition) is 2. The van der Waals surface area contributed by atoms with Gasteiger partial charge in [-0.25, -0.2) is 4.39 Å². The maximum Gasteiger partial charge on any atom is 0.137 e. The average Bonchev–Trinajstić information content (AvgIpc) is 2.35. The molecule has 2 atom stereocenters. The van der Waals surface area contributed by atoms with Crippen LogP contribution in [0.15, 0.2) is 22.7 Å². The van der Waals surface area contributed by atoms with Crippen molar-refractivity contribution in [2.45, 2.75) is 25.3 Å². The molecule has 0 bridgehead atoms. The summed E-state index contributed by atoms with van der Waals surface area (Å²) >= 11 is 3.19. The summed E-state index contributed by atoms with van der Waals surface area (Å²) in [6, 6.07) is 5.17. The molecule has 0 spiro atoms. The molecule has 0 amide bonds. The molecule has 2 rings (SSSR count). The molecule has 2 nitrogen and oxygen atoms in total. The Kier molecular flexibility index (Phi) is 4.54. The first-order valence-electron chi connectivity index (χ1n) is 5.94. The first-order valence-corrected chi connectivity index (χ1v) is 6.73. The van der Waals surface area contributed by atoms with Gasteiger partial charge in [0, 0.05) is 12.6 Å². The predicted octanol–water partition coefficient (Wildman–Crippen LogP) is 2.88. The zero-order chi connectivity index (χ0) is 12.3. The van der Waals surface area contributed by atoms with Crippen LogP contribution in [0.5, 0.6) is 0 Å². The molecule has 1 aliphatic rings. The SMILES string of the molecule is NC(Cc1ccc(F)c(Br)c1)C1CCCOC1. The minimum absolute atomic E-state index is 0.0904. The van der Waals surface area contributed by atoms with Gasteiger partial charge in [-0.15, -0.1) is 0 Å². The lowest BCUT2D eigenvalue weighted by atomic mass is 9.90. The van der Waals surface area contributed by atoms with Crippen molar-refractivity contribution in [3.8, 4) is 0 Å². The Bertz CT molecular complexity index is 380. The van der Waals surface area contributed by atoms with Gasteiger partial charge >= 0.3 is 0 Å². The highest BCUT2D eigenvalue weighted by molar-refractivity contribution is 9.10. The molecule has 1 saturated heterocycles. The van der Waals surface area contributed by atoms with Gasteiger partial charge in [0.25, 0.3) is 0 Å². The summed E-state index contributed by atoms with van der Waals surface area (Å²) in [6.07, 6.45) is 2.99. The minimum atomic E-state index is -0.233. The van der Waals surface area contributed by atoms with Crippen LogP contribution in [0.4, 0.5) is 4.39 Å². The summed E-state index contributed by atoms with van der Waals surface area (Å²) in [7, 11) is 0. The minimum Gasteiger partial charge on any atom is -0.381 e. The van der Waals surface area contributed by atoms with Gasteiger partial charge in [0.2, 0.25) is 0 Å². The third-order valence-corrected chi connectivity index (χ3v) is 3.86. The second-order valence-electron chi connectivity index (χ2n) is 4.59. The van der Waals surface area contributed by atoms with Gasteiger partial charge in [0.05, 0.1) is 11.1 Å². The largest absolute Gasteiger partial charge is 0.381 e. The molecule has 2 N–H and O–H groups in total. The lowest BCUT2D eigenvalue weighted by molar-refractivity contribution is 0.0450. The molecular formula is C13H17BrFNO. The smallest absolute Gasteiger partial charge is 0.137 e. The summed E-state index contributed by atoms with van der Waals surface area (Å²) in [5.41, 5.74) is 7.25. The fraction of sp³-hybridized carbons (Fsp3) is 0.538. The fourth-order valence-electron chi connectivity index (χ4n) is 2.21. The zero-order valence-electron chi connectivity index (χ0n) is 9.66. The zero-order valence-corrected chi connectivity index (χ0v) is 11.2. The Morgan fingerprint density at radius 3 is 3.00 bits per heavy atom. The van der Waals surface area contributed by atoms with Crippen molar-refractivity contribution in [3.63, 3.8) is 0 Å². The van der Waals surface area contributed by atoms with E-state index in [4.69, 9.17) is 10.5 Å². The third-order valence-electron chi connectivity index (χ3n) is 3.26. The van der Waals surface area contributed by atoms with Crippen LogP contribution in [0.1, 0.15) is 18.4 Å². The van der Waals surface area contributed by atoms with Crippen LogP contribution in [0.25, 0.3) is 0 Å². The van der Waals surface area contributed by atoms with E-state index in [-0.39, 0.29) is 11.9 Å². The van der Waals surface area contributed by atoms with Gasteiger partial charge in [-0.05, 0) is 58.8 Å². The molecule has 17 heavy (non-hydrogen) atoms. The standard InChI is InChI=1S/C13H17BrFNO/c14-11-6-9(3-4-12(11)15)7-13(16)10-2-1-5-17-8-10/h3-4,6,10,13H,1-2,5,7-8,16H2. The van der Waals surface area contributed by atoms with Gasteiger partial charge in [0.1, 0.15) is 5.82 Å². The molecule has 1 aromatic rings. The molecule has 0 radical (unpaired) electrons. The summed E-state index contributed by atoms with van der Waals surface area (Å²) in [5.74, 6) is 0.191. The van der Waals surface area contributed by atoms with E-state index in [0.717, 1.165) is 38.0 Å². The molecule has 1 heterocycles. The van der Waals surface area contributed by atoms with E-state index in [1.807, 2.05) is 0 Å². The lowest BCUT2D eigenvalue weighted by Gasteiger charge is -2.27. The summed E-state index contributed by atoms with van der Waals surface area (Å²) < 4.78 is 19.0. The van der Waals surface area contributed by atoms with Crippen molar-refractivity contribution in [1.82, 2.24) is 0 Å². The van der Waals surface area contributed by atoms with E-state index in [2.05, 4.69) is 15.9 Å². The van der Waals surface area contributed by atoms with Gasteiger partial charge in [0.15, 0.2) is 0 Å². The molecule has 0 aromatic heterocycles. The van der Waals surface area contributed by atoms with Crippen LogP contribution in [0, 0.1) is 11.7 Å². The second-order valence-corrected chi connectivity index (χ2v) is 5.45. The van der Waals surface area contributed by atoms with E-state index >= 15 is 0 Å². The quantitative estimate of drug-likeness (QED) is 0.932. The lowest BCUT2D eigenvalue weighted by Crippen LogP contribution is -2.37. The van der Waals surface area contributed by atoms with E-state index < -0.39 is 0 Å². The van der Waals surface area contributed by atoms with E-state index in [1.54, 1.807) is 12.1 Å². The predicted molar refractivity (Wildman–Crippen MR) is 69.3 cm³/mol. The first-order chi connectivity index (χ1) is 8.16. The van der Waals surface area contributed by atoms with Gasteiger partial charge < -0.3 is 10.5 Å². The van der Waals surface area contributed by atoms with E-state index in [1.165, 1.54) is 6.07 Å². The Morgan fingerprint density at radius 1 is 1.53 bits per heavy atom. The Balaban J connectivity index is 1.96. The highest BCUT2D eigenvalue weighted by Crippen LogP contribution is 2.21. The first kappa shape index (κ1) is 13.0. The Morgan fingerprint density at radius 2 is 2.35 bits per heavy atom. The average molecular weight is 302 g/mol. The molecule has 0 aliphatic carbocycles. The summed E-state index contributed by atoms with van der Waals surface area (Å²) in [5, 5.41) is 0. The number of nitrogens with two attached hydrogens (primary N) is 1. The van der Waals surface area contributed by atoms with Crippen LogP contribution in [0.3, 0.4) is 0 Å². The van der Waals surface area contributed by atoms with Crippen LogP contribution < -0.4 is 5.73 Å². The summed E-state index contributed by atoms with van der Waals surface area (Å²) in [6.45, 7) is 1.61. The number of halogens is 2. The highest BCUT2D eigenvalue weighted by atomic mass is 79.9. The maximum absolute atomic E-state index is 13.1. The van der Waals surface area contributed by atoms with Crippen LogP contribution >= 0.6 is 15.9 Å². The van der Waals surface area contributed by atoms with Gasteiger partial charge in [-0.3, -0.25) is 0 Å². The second kappa shape index (κ2) is 5.94. The normalized spacial score (nSPS) is 22.4. The molecule has 1 aliphatic heterocycles. The molecule has 1 aromatic carbocycles. The van der Waals surface area contributed by atoms with Gasteiger partial charge in [-0.2, -0.15) is 0 Å². The van der Waals surface area contributed by atoms with Crippen LogP contribution in [0.2, 0.25) is 0 Å². The molecule has 0 saturated carbocycles. The van der Waals surface area contributed by atoms with Crippen molar-refractivity contribution in [3.05, 3.63) is 34.1 Å². The molecular weight excluding hydrogens is 285 g/mol. The fourth-order valence-corrected chi connectivity index (χ4v) is 2.63. The van der Waals surface area contributed by atoms with E-state index in [0.29, 0.717) is 10.4 Å². The Labute approximate surface area is 109 Å². The highest BCUT2D eigenvalue weighted by Gasteiger charge is 2.21. The molecule has 1 fully saturated rings. The molecule has 4 heteroatoms. The maximum atomic E-state index is 13.1. The van der Waals surface area contributed by atoms with Crippen molar-refractivity contribution in [2.75, 3.05) is 13.2 Å². The molecule has 2 unspecified atom stereocenters. The summed E-state index contributed by atoms with van der Waals surface area (Å²) in [4.78, 5) is 0. The molecule has 94 valence electrons. The van der Waals surface area contributed by atoms with Crippen LogP contribution in [-0.4, -0.2) is 19.3 Å². The Hall–Kier alpha value is -0.450. The number of rotatable bonds is 3. The number of ether oxygens (including phenoxy) is 1. The van der Waals surface area contributed by atoms with Gasteiger partial charge in [-0.1, -0.05) is 6.07 Å².